The Morgan fingerprint density at radius 1 is 1.50 bits per heavy atom. The van der Waals surface area contributed by atoms with Crippen LogP contribution in [-0.2, 0) is 0 Å². The van der Waals surface area contributed by atoms with Crippen LogP contribution in [0.5, 0.6) is 0 Å². The van der Waals surface area contributed by atoms with Gasteiger partial charge in [0.1, 0.15) is 5.82 Å². The second kappa shape index (κ2) is 4.74. The number of nitrogen functional groups attached to an aromatic ring is 1. The summed E-state index contributed by atoms with van der Waals surface area (Å²) in [6, 6.07) is 2.99. The molecule has 0 aliphatic rings. The summed E-state index contributed by atoms with van der Waals surface area (Å²) in [4.78, 5) is 6.26. The molecule has 1 heterocycles. The van der Waals surface area contributed by atoms with E-state index in [1.54, 1.807) is 0 Å². The maximum atomic E-state index is 13.5. The lowest BCUT2D eigenvalue weighted by atomic mass is 10.2. The number of imidazole rings is 1. The minimum atomic E-state index is -0.456. The molecule has 98 valence electrons. The molecule has 0 fully saturated rings. The summed E-state index contributed by atoms with van der Waals surface area (Å²) in [6.45, 7) is 2.81. The number of likely N-dealkylation sites (N-methyl/N-ethyl adjacent to an activating group) is 1. The Morgan fingerprint density at radius 2 is 2.17 bits per heavy atom. The van der Waals surface area contributed by atoms with Gasteiger partial charge in [-0.1, -0.05) is 11.6 Å². The number of fused-ring (bicyclic) bond motifs is 1. The van der Waals surface area contributed by atoms with Crippen molar-refractivity contribution in [3.8, 4) is 0 Å². The molecule has 0 bridgehead atoms. The van der Waals surface area contributed by atoms with Gasteiger partial charge in [-0.2, -0.15) is 0 Å². The number of nitrogens with two attached hydrogens (primary N) is 1. The molecule has 0 saturated heterocycles. The molecule has 1 aromatic carbocycles. The van der Waals surface area contributed by atoms with Crippen molar-refractivity contribution in [1.29, 1.82) is 0 Å². The third-order valence-electron chi connectivity index (χ3n) is 2.83. The first-order chi connectivity index (χ1) is 8.40. The van der Waals surface area contributed by atoms with Gasteiger partial charge in [0.05, 0.1) is 16.1 Å². The molecule has 1 aromatic heterocycles. The van der Waals surface area contributed by atoms with Crippen LogP contribution >= 0.6 is 11.6 Å². The van der Waals surface area contributed by atoms with Gasteiger partial charge in [0.15, 0.2) is 0 Å². The number of benzene rings is 1. The molecule has 1 atom stereocenters. The van der Waals surface area contributed by atoms with Crippen LogP contribution in [0.15, 0.2) is 12.1 Å². The highest BCUT2D eigenvalue weighted by atomic mass is 35.5. The number of aromatic nitrogens is 2. The van der Waals surface area contributed by atoms with Gasteiger partial charge < -0.3 is 15.2 Å². The van der Waals surface area contributed by atoms with Gasteiger partial charge in [0.25, 0.3) is 0 Å². The van der Waals surface area contributed by atoms with Crippen molar-refractivity contribution in [2.24, 2.45) is 0 Å². The summed E-state index contributed by atoms with van der Waals surface area (Å²) in [5.74, 6) is -0.0802. The predicted molar refractivity (Wildman–Crippen MR) is 72.4 cm³/mol. The molecule has 0 amide bonds. The van der Waals surface area contributed by atoms with Crippen LogP contribution in [-0.4, -0.2) is 35.1 Å². The maximum Gasteiger partial charge on any atom is 0.201 e. The van der Waals surface area contributed by atoms with Crippen molar-refractivity contribution in [2.45, 2.75) is 13.0 Å². The topological polar surface area (TPSA) is 47.1 Å². The molecule has 2 rings (SSSR count). The van der Waals surface area contributed by atoms with Crippen molar-refractivity contribution in [1.82, 2.24) is 14.5 Å². The number of hydrogen-bond donors (Lipinski definition) is 1. The van der Waals surface area contributed by atoms with E-state index in [1.807, 2.05) is 30.5 Å². The van der Waals surface area contributed by atoms with Crippen LogP contribution < -0.4 is 5.73 Å². The molecule has 6 heteroatoms. The fourth-order valence-electron chi connectivity index (χ4n) is 2.18. The van der Waals surface area contributed by atoms with Crippen molar-refractivity contribution in [3.05, 3.63) is 23.0 Å². The van der Waals surface area contributed by atoms with Gasteiger partial charge in [-0.05, 0) is 27.1 Å². The van der Waals surface area contributed by atoms with Crippen LogP contribution in [0.3, 0.4) is 0 Å². The Hall–Kier alpha value is -1.33. The van der Waals surface area contributed by atoms with E-state index in [0.29, 0.717) is 17.0 Å². The van der Waals surface area contributed by atoms with E-state index in [-0.39, 0.29) is 11.1 Å². The summed E-state index contributed by atoms with van der Waals surface area (Å²) in [7, 11) is 3.95. The Bertz CT molecular complexity index is 579. The van der Waals surface area contributed by atoms with Crippen molar-refractivity contribution < 1.29 is 4.39 Å². The van der Waals surface area contributed by atoms with Crippen LogP contribution in [0.1, 0.15) is 13.0 Å². The van der Waals surface area contributed by atoms with Crippen molar-refractivity contribution in [3.63, 3.8) is 0 Å². The molecule has 0 saturated carbocycles. The van der Waals surface area contributed by atoms with Gasteiger partial charge in [-0.15, -0.1) is 0 Å². The molecule has 4 nitrogen and oxygen atoms in total. The monoisotopic (exact) mass is 270 g/mol. The minimum absolute atomic E-state index is 0.0624. The van der Waals surface area contributed by atoms with Gasteiger partial charge in [-0.25, -0.2) is 9.37 Å². The highest BCUT2D eigenvalue weighted by Crippen LogP contribution is 2.27. The third-order valence-corrected chi connectivity index (χ3v) is 3.12. The molecule has 0 aliphatic heterocycles. The van der Waals surface area contributed by atoms with Gasteiger partial charge in [0.2, 0.25) is 5.95 Å². The highest BCUT2D eigenvalue weighted by molar-refractivity contribution is 6.31. The van der Waals surface area contributed by atoms with E-state index >= 15 is 0 Å². The Labute approximate surface area is 110 Å². The summed E-state index contributed by atoms with van der Waals surface area (Å²) in [5.41, 5.74) is 7.18. The lowest BCUT2D eigenvalue weighted by Crippen LogP contribution is -2.23. The molecule has 1 unspecified atom stereocenters. The van der Waals surface area contributed by atoms with E-state index in [1.165, 1.54) is 12.1 Å². The molecule has 0 spiro atoms. The van der Waals surface area contributed by atoms with E-state index in [9.17, 15) is 4.39 Å². The first kappa shape index (κ1) is 13.1. The lowest BCUT2D eigenvalue weighted by molar-refractivity contribution is 0.342. The number of hydrogen-bond acceptors (Lipinski definition) is 3. The SMILES string of the molecule is CC(CN(C)C)n1c(N)nc2cc(Cl)c(F)cc21. The summed E-state index contributed by atoms with van der Waals surface area (Å²) in [5, 5.41) is 0.0624. The van der Waals surface area contributed by atoms with Crippen LogP contribution in [0, 0.1) is 5.82 Å². The first-order valence-corrected chi connectivity index (χ1v) is 6.05. The second-order valence-electron chi connectivity index (χ2n) is 4.71. The zero-order valence-corrected chi connectivity index (χ0v) is 11.4. The number of rotatable bonds is 3. The number of anilines is 1. The zero-order chi connectivity index (χ0) is 13.4. The molecular formula is C12H16ClFN4. The predicted octanol–water partition coefficient (Wildman–Crippen LogP) is 2.53. The van der Waals surface area contributed by atoms with Gasteiger partial charge in [-0.3, -0.25) is 0 Å². The van der Waals surface area contributed by atoms with E-state index < -0.39 is 5.82 Å². The fraction of sp³-hybridized carbons (Fsp3) is 0.417. The molecular weight excluding hydrogens is 255 g/mol. The van der Waals surface area contributed by atoms with E-state index in [4.69, 9.17) is 17.3 Å². The normalized spacial score (nSPS) is 13.4. The van der Waals surface area contributed by atoms with Gasteiger partial charge in [0, 0.05) is 18.7 Å². The Kier molecular flexibility index (Phi) is 3.45. The summed E-state index contributed by atoms with van der Waals surface area (Å²) < 4.78 is 15.4. The largest absolute Gasteiger partial charge is 0.369 e. The smallest absolute Gasteiger partial charge is 0.201 e. The lowest BCUT2D eigenvalue weighted by Gasteiger charge is -2.20. The number of halogens is 2. The van der Waals surface area contributed by atoms with Crippen LogP contribution in [0.25, 0.3) is 11.0 Å². The Balaban J connectivity index is 2.56. The highest BCUT2D eigenvalue weighted by Gasteiger charge is 2.16. The second-order valence-corrected chi connectivity index (χ2v) is 5.11. The zero-order valence-electron chi connectivity index (χ0n) is 10.6. The third kappa shape index (κ3) is 2.28. The average molecular weight is 271 g/mol. The number of nitrogens with zero attached hydrogens (tertiary/aromatic N) is 3. The van der Waals surface area contributed by atoms with Crippen LogP contribution in [0.2, 0.25) is 5.02 Å². The molecule has 18 heavy (non-hydrogen) atoms. The Morgan fingerprint density at radius 3 is 2.78 bits per heavy atom. The van der Waals surface area contributed by atoms with E-state index in [2.05, 4.69) is 4.98 Å². The van der Waals surface area contributed by atoms with Crippen molar-refractivity contribution >= 4 is 28.6 Å². The van der Waals surface area contributed by atoms with Gasteiger partial charge >= 0.3 is 0 Å². The molecule has 2 N–H and O–H groups in total. The maximum absolute atomic E-state index is 13.5. The minimum Gasteiger partial charge on any atom is -0.369 e. The average Bonchev–Trinajstić information content (AvgIpc) is 2.53. The molecule has 0 radical (unpaired) electrons. The summed E-state index contributed by atoms with van der Waals surface area (Å²) in [6.07, 6.45) is 0. The summed E-state index contributed by atoms with van der Waals surface area (Å²) >= 11 is 5.74. The molecule has 0 aliphatic carbocycles. The molecule has 2 aromatic rings. The van der Waals surface area contributed by atoms with Crippen molar-refractivity contribution in [2.75, 3.05) is 26.4 Å². The standard InChI is InChI=1S/C12H16ClFN4/c1-7(6-17(2)3)18-11-5-9(14)8(13)4-10(11)16-12(18)15/h4-5,7H,6H2,1-3H3,(H2,15,16). The first-order valence-electron chi connectivity index (χ1n) is 5.67. The van der Waals surface area contributed by atoms with E-state index in [0.717, 1.165) is 6.54 Å². The quantitative estimate of drug-likeness (QED) is 0.932. The fourth-order valence-corrected chi connectivity index (χ4v) is 2.34. The van der Waals surface area contributed by atoms with Crippen LogP contribution in [0.4, 0.5) is 10.3 Å².